The third-order valence-electron chi connectivity index (χ3n) is 11.4. The first kappa shape index (κ1) is 41.1. The van der Waals surface area contributed by atoms with E-state index in [1.807, 2.05) is 29.2 Å². The Bertz CT molecular complexity index is 2180. The van der Waals surface area contributed by atoms with E-state index in [-0.39, 0.29) is 46.6 Å². The maximum atomic E-state index is 14.0. The summed E-state index contributed by atoms with van der Waals surface area (Å²) in [5, 5.41) is 11.3. The standard InChI is InChI=1S/C43H47F3N8O5/c1-26(55)32-5-3-4-6-34(32)49-40-33(43(44,45)46)24-47-42(52-40)50-35-12-9-30(23-37(35)59-2)29-17-21-54(22-18-29)39(57)25-53-19-15-28(16-20-53)27-7-10-31(11-8-27)48-36-13-14-38(56)51-41(36)58/h3-12,23-24,28-29,36,48H,13-22,25H2,1-2H3,(H,51,56,58)(H2,47,49,50,52). The summed E-state index contributed by atoms with van der Waals surface area (Å²) in [5.74, 6) is -0.291. The maximum absolute atomic E-state index is 14.0. The number of alkyl halides is 3. The van der Waals surface area contributed by atoms with Crippen LogP contribution in [-0.2, 0) is 20.6 Å². The van der Waals surface area contributed by atoms with Crippen molar-refractivity contribution in [3.8, 4) is 5.75 Å². The summed E-state index contributed by atoms with van der Waals surface area (Å²) < 4.78 is 47.5. The van der Waals surface area contributed by atoms with Gasteiger partial charge in [0.1, 0.15) is 23.2 Å². The molecule has 310 valence electrons. The average Bonchev–Trinajstić information content (AvgIpc) is 3.22. The number of rotatable bonds is 12. The van der Waals surface area contributed by atoms with Gasteiger partial charge in [-0.3, -0.25) is 29.4 Å². The minimum atomic E-state index is -4.75. The number of benzene rings is 3. The molecule has 7 rings (SSSR count). The maximum Gasteiger partial charge on any atom is 0.421 e. The van der Waals surface area contributed by atoms with Gasteiger partial charge in [-0.1, -0.05) is 30.3 Å². The SMILES string of the molecule is COc1cc(C2CCN(C(=O)CN3CCC(c4ccc(NC5CCC(=O)NC5=O)cc4)CC3)CC2)ccc1Nc1ncc(C(F)(F)F)c(Nc2ccccc2C(C)=O)n1. The van der Waals surface area contributed by atoms with Crippen LogP contribution in [0, 0.1) is 0 Å². The van der Waals surface area contributed by atoms with E-state index in [0.29, 0.717) is 56.0 Å². The van der Waals surface area contributed by atoms with Crippen LogP contribution < -0.4 is 26.0 Å². The summed E-state index contributed by atoms with van der Waals surface area (Å²) in [4.78, 5) is 61.3. The molecule has 3 aromatic carbocycles. The van der Waals surface area contributed by atoms with Crippen LogP contribution in [0.25, 0.3) is 0 Å². The van der Waals surface area contributed by atoms with Crippen LogP contribution in [0.1, 0.15) is 84.3 Å². The van der Waals surface area contributed by atoms with Gasteiger partial charge in [0, 0.05) is 37.0 Å². The third kappa shape index (κ3) is 9.99. The molecule has 0 spiro atoms. The molecule has 4 aromatic rings. The molecule has 0 bridgehead atoms. The Morgan fingerprint density at radius 3 is 2.22 bits per heavy atom. The Hall–Kier alpha value is -6.03. The highest BCUT2D eigenvalue weighted by molar-refractivity contribution is 6.01. The van der Waals surface area contributed by atoms with Crippen LogP contribution in [-0.4, -0.2) is 89.1 Å². The van der Waals surface area contributed by atoms with E-state index in [9.17, 15) is 32.3 Å². The average molecular weight is 813 g/mol. The number of carbonyl (C=O) groups excluding carboxylic acids is 4. The molecule has 0 radical (unpaired) electrons. The molecule has 16 heteroatoms. The lowest BCUT2D eigenvalue weighted by molar-refractivity contribution is -0.137. The van der Waals surface area contributed by atoms with Crippen molar-refractivity contribution >= 4 is 52.3 Å². The van der Waals surface area contributed by atoms with Crippen molar-refractivity contribution in [2.45, 2.75) is 69.5 Å². The van der Waals surface area contributed by atoms with E-state index >= 15 is 0 Å². The molecule has 0 aliphatic carbocycles. The van der Waals surface area contributed by atoms with Gasteiger partial charge in [0.15, 0.2) is 5.78 Å². The van der Waals surface area contributed by atoms with E-state index in [1.54, 1.807) is 18.2 Å². The number of hydrogen-bond donors (Lipinski definition) is 4. The van der Waals surface area contributed by atoms with Crippen LogP contribution in [0.4, 0.5) is 42.0 Å². The summed E-state index contributed by atoms with van der Waals surface area (Å²) in [6.45, 7) is 4.62. The number of para-hydroxylation sites is 1. The van der Waals surface area contributed by atoms with Crippen molar-refractivity contribution in [1.29, 1.82) is 0 Å². The number of carbonyl (C=O) groups is 4. The van der Waals surface area contributed by atoms with Gasteiger partial charge in [0.25, 0.3) is 0 Å². The number of anilines is 5. The van der Waals surface area contributed by atoms with E-state index in [0.717, 1.165) is 50.0 Å². The van der Waals surface area contributed by atoms with Crippen molar-refractivity contribution in [2.24, 2.45) is 0 Å². The number of aromatic nitrogens is 2. The predicted octanol–water partition coefficient (Wildman–Crippen LogP) is 7.00. The Kier molecular flexibility index (Phi) is 12.4. The molecular formula is C43H47F3N8O5. The van der Waals surface area contributed by atoms with Crippen molar-refractivity contribution in [3.05, 3.63) is 95.2 Å². The molecule has 13 nitrogen and oxygen atoms in total. The number of nitrogens with zero attached hydrogens (tertiary/aromatic N) is 4. The molecule has 1 atom stereocenters. The number of piperidine rings is 3. The number of likely N-dealkylation sites (tertiary alicyclic amines) is 2. The second kappa shape index (κ2) is 17.9. The molecule has 3 amide bonds. The first-order valence-corrected chi connectivity index (χ1v) is 19.8. The zero-order valence-electron chi connectivity index (χ0n) is 32.9. The molecule has 4 heterocycles. The van der Waals surface area contributed by atoms with Crippen LogP contribution in [0.3, 0.4) is 0 Å². The van der Waals surface area contributed by atoms with Gasteiger partial charge in [-0.05, 0) is 111 Å². The predicted molar refractivity (Wildman–Crippen MR) is 216 cm³/mol. The molecule has 3 fully saturated rings. The minimum Gasteiger partial charge on any atom is -0.495 e. The fourth-order valence-electron chi connectivity index (χ4n) is 8.02. The second-order valence-electron chi connectivity index (χ2n) is 15.2. The highest BCUT2D eigenvalue weighted by atomic mass is 19.4. The summed E-state index contributed by atoms with van der Waals surface area (Å²) >= 11 is 0. The monoisotopic (exact) mass is 812 g/mol. The lowest BCUT2D eigenvalue weighted by atomic mass is 9.88. The molecule has 59 heavy (non-hydrogen) atoms. The lowest BCUT2D eigenvalue weighted by Gasteiger charge is -2.36. The van der Waals surface area contributed by atoms with Gasteiger partial charge in [-0.15, -0.1) is 0 Å². The fourth-order valence-corrected chi connectivity index (χ4v) is 8.02. The first-order chi connectivity index (χ1) is 28.3. The normalized spacial score (nSPS) is 18.3. The molecular weight excluding hydrogens is 766 g/mol. The summed E-state index contributed by atoms with van der Waals surface area (Å²) in [6, 6.07) is 19.6. The number of amides is 3. The van der Waals surface area contributed by atoms with Gasteiger partial charge in [0.05, 0.1) is 25.0 Å². The molecule has 0 saturated carbocycles. The molecule has 4 N–H and O–H groups in total. The molecule has 1 unspecified atom stereocenters. The number of ether oxygens (including phenoxy) is 1. The minimum absolute atomic E-state index is 0.0989. The van der Waals surface area contributed by atoms with Crippen molar-refractivity contribution in [1.82, 2.24) is 25.1 Å². The number of Topliss-reactive ketones (excluding diaryl/α,β-unsaturated/α-hetero) is 1. The Labute approximate surface area is 340 Å². The van der Waals surface area contributed by atoms with Gasteiger partial charge < -0.3 is 25.6 Å². The summed E-state index contributed by atoms with van der Waals surface area (Å²) in [5.41, 5.74) is 2.89. The van der Waals surface area contributed by atoms with Crippen LogP contribution in [0.2, 0.25) is 0 Å². The van der Waals surface area contributed by atoms with Gasteiger partial charge in [0.2, 0.25) is 23.7 Å². The van der Waals surface area contributed by atoms with E-state index in [2.05, 4.69) is 48.3 Å². The Morgan fingerprint density at radius 1 is 0.864 bits per heavy atom. The van der Waals surface area contributed by atoms with Crippen LogP contribution in [0.5, 0.6) is 5.75 Å². The summed E-state index contributed by atoms with van der Waals surface area (Å²) in [6.07, 6.45) is 0.182. The highest BCUT2D eigenvalue weighted by Crippen LogP contribution is 2.38. The second-order valence-corrected chi connectivity index (χ2v) is 15.2. The van der Waals surface area contributed by atoms with Crippen LogP contribution >= 0.6 is 0 Å². The number of halogens is 3. The number of nitrogens with one attached hydrogen (secondary N) is 4. The molecule has 3 aliphatic heterocycles. The van der Waals surface area contributed by atoms with Crippen molar-refractivity contribution in [2.75, 3.05) is 55.8 Å². The van der Waals surface area contributed by atoms with Crippen LogP contribution in [0.15, 0.2) is 72.9 Å². The van der Waals surface area contributed by atoms with Gasteiger partial charge >= 0.3 is 6.18 Å². The smallest absolute Gasteiger partial charge is 0.421 e. The van der Waals surface area contributed by atoms with E-state index in [1.165, 1.54) is 31.7 Å². The van der Waals surface area contributed by atoms with Gasteiger partial charge in [-0.25, -0.2) is 4.98 Å². The Morgan fingerprint density at radius 2 is 1.54 bits per heavy atom. The highest BCUT2D eigenvalue weighted by Gasteiger charge is 2.36. The van der Waals surface area contributed by atoms with E-state index < -0.39 is 23.6 Å². The Balaban J connectivity index is 0.902. The number of imide groups is 1. The van der Waals surface area contributed by atoms with Crippen molar-refractivity contribution in [3.63, 3.8) is 0 Å². The zero-order valence-corrected chi connectivity index (χ0v) is 32.9. The van der Waals surface area contributed by atoms with E-state index in [4.69, 9.17) is 4.74 Å². The topological polar surface area (TPSA) is 158 Å². The number of methoxy groups -OCH3 is 1. The molecule has 1 aromatic heterocycles. The zero-order chi connectivity index (χ0) is 41.7. The summed E-state index contributed by atoms with van der Waals surface area (Å²) in [7, 11) is 1.51. The first-order valence-electron chi connectivity index (χ1n) is 19.8. The molecule has 3 saturated heterocycles. The lowest BCUT2D eigenvalue weighted by Crippen LogP contribution is -2.47. The number of ketones is 1. The quantitative estimate of drug-likeness (QED) is 0.0863. The van der Waals surface area contributed by atoms with Gasteiger partial charge in [-0.2, -0.15) is 18.2 Å². The largest absolute Gasteiger partial charge is 0.495 e. The number of hydrogen-bond acceptors (Lipinski definition) is 11. The molecule has 3 aliphatic rings. The third-order valence-corrected chi connectivity index (χ3v) is 11.4. The van der Waals surface area contributed by atoms with Crippen molar-refractivity contribution < 1.29 is 37.1 Å². The fraction of sp³-hybridized carbons (Fsp3) is 0.395.